The number of hydrogen-bond donors (Lipinski definition) is 1. The number of amides is 3. The standard InChI is InChI=1S/C26H29N3O4/c1-26(2,3)33-25(32)27-19-13-14-28(16-18-9-5-4-6-10-18)20(15-19)17-29-23(30)21-11-7-8-12-22(21)24(29)31/h4-12,15,20H,13-14,16-17H2,1-3H3,(H,27,32). The van der Waals surface area contributed by atoms with Gasteiger partial charge in [0.15, 0.2) is 0 Å². The molecule has 0 radical (unpaired) electrons. The van der Waals surface area contributed by atoms with Crippen LogP contribution in [0, 0.1) is 0 Å². The Morgan fingerprint density at radius 1 is 1.00 bits per heavy atom. The molecule has 2 aromatic carbocycles. The van der Waals surface area contributed by atoms with Gasteiger partial charge >= 0.3 is 6.09 Å². The Labute approximate surface area is 194 Å². The molecule has 172 valence electrons. The number of ether oxygens (including phenoxy) is 1. The fraction of sp³-hybridized carbons (Fsp3) is 0.346. The van der Waals surface area contributed by atoms with Crippen LogP contribution in [-0.4, -0.2) is 52.4 Å². The molecular weight excluding hydrogens is 418 g/mol. The van der Waals surface area contributed by atoms with Gasteiger partial charge in [0.05, 0.1) is 11.1 Å². The molecule has 0 bridgehead atoms. The van der Waals surface area contributed by atoms with Crippen LogP contribution in [0.5, 0.6) is 0 Å². The molecule has 0 saturated heterocycles. The fourth-order valence-corrected chi connectivity index (χ4v) is 4.16. The Balaban J connectivity index is 1.56. The second-order valence-corrected chi connectivity index (χ2v) is 9.36. The summed E-state index contributed by atoms with van der Waals surface area (Å²) >= 11 is 0. The zero-order valence-electron chi connectivity index (χ0n) is 19.2. The summed E-state index contributed by atoms with van der Waals surface area (Å²) in [7, 11) is 0. The molecule has 2 aromatic rings. The van der Waals surface area contributed by atoms with Crippen LogP contribution in [-0.2, 0) is 11.3 Å². The summed E-state index contributed by atoms with van der Waals surface area (Å²) < 4.78 is 5.38. The van der Waals surface area contributed by atoms with Gasteiger partial charge in [0, 0.05) is 37.8 Å². The third-order valence-electron chi connectivity index (χ3n) is 5.67. The summed E-state index contributed by atoms with van der Waals surface area (Å²) in [6.45, 7) is 6.99. The Hall–Kier alpha value is -3.45. The number of imide groups is 1. The van der Waals surface area contributed by atoms with Gasteiger partial charge in [0.2, 0.25) is 0 Å². The van der Waals surface area contributed by atoms with E-state index in [9.17, 15) is 14.4 Å². The van der Waals surface area contributed by atoms with Crippen molar-refractivity contribution in [3.63, 3.8) is 0 Å². The van der Waals surface area contributed by atoms with Gasteiger partial charge in [-0.15, -0.1) is 0 Å². The molecule has 7 nitrogen and oxygen atoms in total. The van der Waals surface area contributed by atoms with Crippen molar-refractivity contribution in [2.75, 3.05) is 13.1 Å². The first-order valence-corrected chi connectivity index (χ1v) is 11.2. The van der Waals surface area contributed by atoms with E-state index in [1.165, 1.54) is 4.90 Å². The number of benzene rings is 2. The Bertz CT molecular complexity index is 1050. The first kappa shape index (κ1) is 22.7. The van der Waals surface area contributed by atoms with Crippen LogP contribution >= 0.6 is 0 Å². The molecule has 2 aliphatic heterocycles. The summed E-state index contributed by atoms with van der Waals surface area (Å²) in [6.07, 6.45) is 2.05. The van der Waals surface area contributed by atoms with E-state index in [1.54, 1.807) is 24.3 Å². The van der Waals surface area contributed by atoms with Crippen molar-refractivity contribution in [2.45, 2.75) is 45.4 Å². The van der Waals surface area contributed by atoms with Gasteiger partial charge in [0.1, 0.15) is 5.60 Å². The SMILES string of the molecule is CC(C)(C)OC(=O)NC1=CC(CN2C(=O)c3ccccc3C2=O)N(Cc2ccccc2)CC1. The van der Waals surface area contributed by atoms with Crippen LogP contribution in [0.2, 0.25) is 0 Å². The number of carbonyl (C=O) groups excluding carboxylic acids is 3. The predicted octanol–water partition coefficient (Wildman–Crippen LogP) is 3.97. The van der Waals surface area contributed by atoms with Crippen LogP contribution in [0.25, 0.3) is 0 Å². The first-order chi connectivity index (χ1) is 15.7. The van der Waals surface area contributed by atoms with E-state index in [0.29, 0.717) is 30.6 Å². The maximum Gasteiger partial charge on any atom is 0.411 e. The van der Waals surface area contributed by atoms with E-state index >= 15 is 0 Å². The second-order valence-electron chi connectivity index (χ2n) is 9.36. The van der Waals surface area contributed by atoms with Crippen molar-refractivity contribution in [1.29, 1.82) is 0 Å². The molecule has 2 heterocycles. The maximum atomic E-state index is 12.9. The van der Waals surface area contributed by atoms with Crippen LogP contribution in [0.1, 0.15) is 53.5 Å². The zero-order chi connectivity index (χ0) is 23.6. The minimum atomic E-state index is -0.599. The Kier molecular flexibility index (Phi) is 6.33. The number of fused-ring (bicyclic) bond motifs is 1. The van der Waals surface area contributed by atoms with Gasteiger partial charge in [-0.3, -0.25) is 24.7 Å². The molecule has 7 heteroatoms. The Morgan fingerprint density at radius 2 is 1.61 bits per heavy atom. The van der Waals surface area contributed by atoms with E-state index < -0.39 is 11.7 Å². The summed E-state index contributed by atoms with van der Waals surface area (Å²) in [4.78, 5) is 41.7. The maximum absolute atomic E-state index is 12.9. The summed E-state index contributed by atoms with van der Waals surface area (Å²) in [5, 5.41) is 2.84. The van der Waals surface area contributed by atoms with Crippen molar-refractivity contribution >= 4 is 17.9 Å². The van der Waals surface area contributed by atoms with Gasteiger partial charge in [-0.2, -0.15) is 0 Å². The molecule has 2 aliphatic rings. The quantitative estimate of drug-likeness (QED) is 0.702. The summed E-state index contributed by atoms with van der Waals surface area (Å²) in [6, 6.07) is 16.7. The lowest BCUT2D eigenvalue weighted by molar-refractivity contribution is 0.0525. The highest BCUT2D eigenvalue weighted by Gasteiger charge is 2.38. The van der Waals surface area contributed by atoms with Crippen molar-refractivity contribution in [3.8, 4) is 0 Å². The van der Waals surface area contributed by atoms with E-state index in [0.717, 1.165) is 11.3 Å². The lowest BCUT2D eigenvalue weighted by atomic mass is 10.0. The molecule has 0 aliphatic carbocycles. The van der Waals surface area contributed by atoms with Crippen molar-refractivity contribution in [3.05, 3.63) is 83.1 Å². The van der Waals surface area contributed by atoms with Gasteiger partial charge in [-0.1, -0.05) is 42.5 Å². The van der Waals surface area contributed by atoms with Crippen LogP contribution < -0.4 is 5.32 Å². The number of carbonyl (C=O) groups is 3. The van der Waals surface area contributed by atoms with Crippen molar-refractivity contribution in [1.82, 2.24) is 15.1 Å². The third-order valence-corrected chi connectivity index (χ3v) is 5.67. The van der Waals surface area contributed by atoms with E-state index in [4.69, 9.17) is 4.74 Å². The van der Waals surface area contributed by atoms with Gasteiger partial charge in [-0.05, 0) is 44.5 Å². The lowest BCUT2D eigenvalue weighted by Crippen LogP contribution is -2.48. The first-order valence-electron chi connectivity index (χ1n) is 11.2. The van der Waals surface area contributed by atoms with Crippen molar-refractivity contribution in [2.24, 2.45) is 0 Å². The molecule has 0 spiro atoms. The van der Waals surface area contributed by atoms with Crippen LogP contribution in [0.4, 0.5) is 4.79 Å². The number of hydrogen-bond acceptors (Lipinski definition) is 5. The number of nitrogens with zero attached hydrogens (tertiary/aromatic N) is 2. The summed E-state index contributed by atoms with van der Waals surface area (Å²) in [5.74, 6) is -0.563. The fourth-order valence-electron chi connectivity index (χ4n) is 4.16. The molecule has 1 unspecified atom stereocenters. The molecule has 1 atom stereocenters. The molecular formula is C26H29N3O4. The zero-order valence-corrected chi connectivity index (χ0v) is 19.2. The van der Waals surface area contributed by atoms with Gasteiger partial charge < -0.3 is 4.74 Å². The van der Waals surface area contributed by atoms with Crippen LogP contribution in [0.3, 0.4) is 0 Å². The number of alkyl carbamates (subject to hydrolysis) is 1. The minimum absolute atomic E-state index is 0.207. The van der Waals surface area contributed by atoms with Gasteiger partial charge in [0.25, 0.3) is 11.8 Å². The monoisotopic (exact) mass is 447 g/mol. The highest BCUT2D eigenvalue weighted by Crippen LogP contribution is 2.26. The number of rotatable bonds is 5. The number of nitrogens with one attached hydrogen (secondary N) is 1. The molecule has 3 amide bonds. The normalized spacial score (nSPS) is 18.7. The minimum Gasteiger partial charge on any atom is -0.444 e. The molecule has 4 rings (SSSR count). The van der Waals surface area contributed by atoms with E-state index in [1.807, 2.05) is 45.0 Å². The predicted molar refractivity (Wildman–Crippen MR) is 125 cm³/mol. The lowest BCUT2D eigenvalue weighted by Gasteiger charge is -2.36. The topological polar surface area (TPSA) is 79.0 Å². The second kappa shape index (κ2) is 9.19. The molecule has 33 heavy (non-hydrogen) atoms. The largest absolute Gasteiger partial charge is 0.444 e. The summed E-state index contributed by atoms with van der Waals surface area (Å²) in [5.41, 5.74) is 2.14. The smallest absolute Gasteiger partial charge is 0.411 e. The average molecular weight is 448 g/mol. The molecule has 0 aromatic heterocycles. The van der Waals surface area contributed by atoms with Crippen molar-refractivity contribution < 1.29 is 19.1 Å². The molecule has 1 N–H and O–H groups in total. The molecule has 0 fully saturated rings. The van der Waals surface area contributed by atoms with E-state index in [2.05, 4.69) is 22.3 Å². The highest BCUT2D eigenvalue weighted by molar-refractivity contribution is 6.21. The molecule has 0 saturated carbocycles. The Morgan fingerprint density at radius 3 is 2.21 bits per heavy atom. The van der Waals surface area contributed by atoms with E-state index in [-0.39, 0.29) is 24.4 Å². The third kappa shape index (κ3) is 5.31. The highest BCUT2D eigenvalue weighted by atomic mass is 16.6. The van der Waals surface area contributed by atoms with Crippen LogP contribution in [0.15, 0.2) is 66.4 Å². The average Bonchev–Trinajstić information content (AvgIpc) is 3.00. The van der Waals surface area contributed by atoms with Gasteiger partial charge in [-0.25, -0.2) is 4.79 Å².